The molecule has 0 bridgehead atoms. The van der Waals surface area contributed by atoms with E-state index in [-0.39, 0.29) is 0 Å². The van der Waals surface area contributed by atoms with E-state index in [0.717, 1.165) is 29.5 Å². The summed E-state index contributed by atoms with van der Waals surface area (Å²) in [6.07, 6.45) is 4.70. The first-order valence-electron chi connectivity index (χ1n) is 10.7. The molecule has 27 heavy (non-hydrogen) atoms. The maximum Gasteiger partial charge on any atom is 0.0942 e. The third-order valence-corrected chi connectivity index (χ3v) is 14.0. The Labute approximate surface area is 167 Å². The minimum Gasteiger partial charge on any atom is -0.0655 e. The topological polar surface area (TPSA) is 0 Å². The molecule has 2 aromatic carbocycles. The molecule has 0 spiro atoms. The molecule has 0 unspecified atom stereocenters. The summed E-state index contributed by atoms with van der Waals surface area (Å²) in [6.45, 7) is 16.9. The third-order valence-electron chi connectivity index (χ3n) is 6.98. The molecule has 0 saturated carbocycles. The van der Waals surface area contributed by atoms with Crippen molar-refractivity contribution in [2.75, 3.05) is 0 Å². The Morgan fingerprint density at radius 2 is 1.41 bits per heavy atom. The number of hydrogen-bond donors (Lipinski definition) is 0. The summed E-state index contributed by atoms with van der Waals surface area (Å²) in [5.74, 6) is 0. The zero-order valence-electron chi connectivity index (χ0n) is 18.3. The SMILES string of the molecule is CCC1=Cc2c(cccc2-c2ccc([Si](C(C)C)(C(C)C)C(C)C)cc2)C1. The van der Waals surface area contributed by atoms with Crippen LogP contribution in [0.5, 0.6) is 0 Å². The van der Waals surface area contributed by atoms with E-state index in [1.54, 1.807) is 10.8 Å². The van der Waals surface area contributed by atoms with Gasteiger partial charge in [-0.25, -0.2) is 0 Å². The maximum atomic E-state index is 2.46. The quantitative estimate of drug-likeness (QED) is 0.455. The number of rotatable bonds is 6. The molecule has 0 nitrogen and oxygen atoms in total. The predicted octanol–water partition coefficient (Wildman–Crippen LogP) is 7.59. The van der Waals surface area contributed by atoms with E-state index in [1.807, 2.05) is 0 Å². The normalized spacial score (nSPS) is 14.2. The largest absolute Gasteiger partial charge is 0.0942 e. The predicted molar refractivity (Wildman–Crippen MR) is 125 cm³/mol. The summed E-state index contributed by atoms with van der Waals surface area (Å²) in [6, 6.07) is 16.5. The van der Waals surface area contributed by atoms with Crippen molar-refractivity contribution < 1.29 is 0 Å². The van der Waals surface area contributed by atoms with Gasteiger partial charge in [0.1, 0.15) is 0 Å². The van der Waals surface area contributed by atoms with Gasteiger partial charge in [-0.05, 0) is 51.7 Å². The molecule has 0 amide bonds. The van der Waals surface area contributed by atoms with E-state index < -0.39 is 8.07 Å². The molecule has 1 aliphatic carbocycles. The van der Waals surface area contributed by atoms with Gasteiger partial charge >= 0.3 is 0 Å². The molecular formula is C26H36Si. The fourth-order valence-electron chi connectivity index (χ4n) is 5.85. The van der Waals surface area contributed by atoms with E-state index in [1.165, 1.54) is 22.3 Å². The van der Waals surface area contributed by atoms with Crippen LogP contribution in [0.15, 0.2) is 48.0 Å². The molecular weight excluding hydrogens is 340 g/mol. The average Bonchev–Trinajstić information content (AvgIpc) is 3.05. The average molecular weight is 377 g/mol. The van der Waals surface area contributed by atoms with Gasteiger partial charge in [0.25, 0.3) is 0 Å². The van der Waals surface area contributed by atoms with Crippen molar-refractivity contribution in [2.24, 2.45) is 0 Å². The Morgan fingerprint density at radius 3 is 1.93 bits per heavy atom. The lowest BCUT2D eigenvalue weighted by atomic mass is 9.97. The Kier molecular flexibility index (Phi) is 5.81. The fraction of sp³-hybridized carbons (Fsp3) is 0.462. The lowest BCUT2D eigenvalue weighted by Crippen LogP contribution is -2.55. The lowest BCUT2D eigenvalue weighted by molar-refractivity contribution is 0.835. The zero-order valence-corrected chi connectivity index (χ0v) is 19.3. The second-order valence-corrected chi connectivity index (χ2v) is 15.1. The zero-order chi connectivity index (χ0) is 19.8. The van der Waals surface area contributed by atoms with Crippen LogP contribution >= 0.6 is 0 Å². The number of benzene rings is 2. The van der Waals surface area contributed by atoms with E-state index in [4.69, 9.17) is 0 Å². The van der Waals surface area contributed by atoms with E-state index in [0.29, 0.717) is 0 Å². The number of hydrogen-bond acceptors (Lipinski definition) is 0. The van der Waals surface area contributed by atoms with E-state index >= 15 is 0 Å². The summed E-state index contributed by atoms with van der Waals surface area (Å²) in [5.41, 5.74) is 9.50. The van der Waals surface area contributed by atoms with Crippen LogP contribution in [-0.4, -0.2) is 8.07 Å². The van der Waals surface area contributed by atoms with Crippen molar-refractivity contribution in [3.63, 3.8) is 0 Å². The molecule has 1 heteroatoms. The summed E-state index contributed by atoms with van der Waals surface area (Å²) >= 11 is 0. The molecule has 0 aliphatic heterocycles. The Hall–Kier alpha value is -1.60. The monoisotopic (exact) mass is 376 g/mol. The van der Waals surface area contributed by atoms with Crippen molar-refractivity contribution in [1.29, 1.82) is 0 Å². The maximum absolute atomic E-state index is 2.46. The molecule has 0 N–H and O–H groups in total. The molecule has 144 valence electrons. The third kappa shape index (κ3) is 3.35. The van der Waals surface area contributed by atoms with Gasteiger partial charge in [-0.15, -0.1) is 0 Å². The molecule has 0 aromatic heterocycles. The van der Waals surface area contributed by atoms with Gasteiger partial charge in [0.2, 0.25) is 0 Å². The van der Waals surface area contributed by atoms with Crippen LogP contribution in [0.2, 0.25) is 16.6 Å². The summed E-state index contributed by atoms with van der Waals surface area (Å²) in [5, 5.41) is 1.63. The molecule has 0 atom stereocenters. The second kappa shape index (κ2) is 7.79. The molecule has 0 saturated heterocycles. The minimum atomic E-state index is -1.58. The van der Waals surface area contributed by atoms with Crippen molar-refractivity contribution in [3.8, 4) is 11.1 Å². The van der Waals surface area contributed by atoms with Crippen LogP contribution in [0.3, 0.4) is 0 Å². The smallest absolute Gasteiger partial charge is 0.0655 e. The Balaban J connectivity index is 2.05. The molecule has 0 fully saturated rings. The van der Waals surface area contributed by atoms with Crippen LogP contribution in [0.1, 0.15) is 66.0 Å². The van der Waals surface area contributed by atoms with E-state index in [9.17, 15) is 0 Å². The summed E-state index contributed by atoms with van der Waals surface area (Å²) in [7, 11) is -1.58. The first kappa shape index (κ1) is 20.1. The van der Waals surface area contributed by atoms with Crippen molar-refractivity contribution in [2.45, 2.75) is 77.9 Å². The van der Waals surface area contributed by atoms with Crippen LogP contribution in [-0.2, 0) is 6.42 Å². The first-order chi connectivity index (χ1) is 12.8. The first-order valence-corrected chi connectivity index (χ1v) is 13.0. The van der Waals surface area contributed by atoms with Gasteiger partial charge in [-0.2, -0.15) is 0 Å². The highest BCUT2D eigenvalue weighted by Crippen LogP contribution is 2.41. The molecule has 0 radical (unpaired) electrons. The molecule has 1 aliphatic rings. The second-order valence-electron chi connectivity index (χ2n) is 9.19. The highest BCUT2D eigenvalue weighted by Gasteiger charge is 2.44. The van der Waals surface area contributed by atoms with Gasteiger partial charge in [0.05, 0.1) is 8.07 Å². The van der Waals surface area contributed by atoms with Crippen LogP contribution in [0.4, 0.5) is 0 Å². The highest BCUT2D eigenvalue weighted by molar-refractivity contribution is 6.95. The lowest BCUT2D eigenvalue weighted by Gasteiger charge is -2.43. The standard InChI is InChI=1S/C26H36Si/c1-8-21-16-23-10-9-11-25(26(23)17-21)22-12-14-24(15-13-22)27(18(2)3,19(4)5)20(6)7/h9-15,17-20H,8,16H2,1-7H3. The molecule has 0 heterocycles. The van der Waals surface area contributed by atoms with Crippen molar-refractivity contribution in [3.05, 3.63) is 59.2 Å². The molecule has 2 aromatic rings. The summed E-state index contributed by atoms with van der Waals surface area (Å²) in [4.78, 5) is 0. The van der Waals surface area contributed by atoms with Crippen LogP contribution in [0.25, 0.3) is 17.2 Å². The number of fused-ring (bicyclic) bond motifs is 1. The Morgan fingerprint density at radius 1 is 0.815 bits per heavy atom. The van der Waals surface area contributed by atoms with Crippen molar-refractivity contribution in [1.82, 2.24) is 0 Å². The summed E-state index contributed by atoms with van der Waals surface area (Å²) < 4.78 is 0. The van der Waals surface area contributed by atoms with Gasteiger partial charge < -0.3 is 0 Å². The van der Waals surface area contributed by atoms with Crippen LogP contribution < -0.4 is 5.19 Å². The minimum absolute atomic E-state index is 0.749. The van der Waals surface area contributed by atoms with Gasteiger partial charge in [0.15, 0.2) is 0 Å². The van der Waals surface area contributed by atoms with Gasteiger partial charge in [-0.3, -0.25) is 0 Å². The van der Waals surface area contributed by atoms with Gasteiger partial charge in [0, 0.05) is 0 Å². The van der Waals surface area contributed by atoms with Crippen molar-refractivity contribution >= 4 is 19.3 Å². The van der Waals surface area contributed by atoms with Crippen LogP contribution in [0, 0.1) is 0 Å². The van der Waals surface area contributed by atoms with E-state index in [2.05, 4.69) is 97.0 Å². The molecule has 3 rings (SSSR count). The highest BCUT2D eigenvalue weighted by atomic mass is 28.3. The number of allylic oxidation sites excluding steroid dienone is 1. The van der Waals surface area contributed by atoms with Gasteiger partial charge in [-0.1, -0.05) is 108 Å². The fourth-order valence-corrected chi connectivity index (χ4v) is 12.6. The Bertz CT molecular complexity index is 800.